The minimum atomic E-state index is -0.640. The van der Waals surface area contributed by atoms with E-state index in [1.807, 2.05) is 25.1 Å². The molecule has 0 fully saturated rings. The van der Waals surface area contributed by atoms with Crippen molar-refractivity contribution in [3.8, 4) is 0 Å². The summed E-state index contributed by atoms with van der Waals surface area (Å²) in [6.45, 7) is 1.90. The van der Waals surface area contributed by atoms with Crippen molar-refractivity contribution in [1.29, 1.82) is 0 Å². The van der Waals surface area contributed by atoms with Gasteiger partial charge in [0.05, 0.1) is 32.1 Å². The first-order valence-electron chi connectivity index (χ1n) is 7.31. The van der Waals surface area contributed by atoms with E-state index in [1.165, 1.54) is 14.2 Å². The van der Waals surface area contributed by atoms with Crippen molar-refractivity contribution in [2.24, 2.45) is 0 Å². The van der Waals surface area contributed by atoms with Crippen molar-refractivity contribution in [2.75, 3.05) is 32.5 Å². The molecular weight excluding hydrogens is 314 g/mol. The van der Waals surface area contributed by atoms with E-state index in [2.05, 4.69) is 0 Å². The lowest BCUT2D eigenvalue weighted by atomic mass is 10.1. The quantitative estimate of drug-likeness (QED) is 0.797. The number of para-hydroxylation sites is 1. The molecule has 1 aliphatic heterocycles. The predicted octanol–water partition coefficient (Wildman–Crippen LogP) is 2.14. The largest absolute Gasteiger partial charge is 0.466 e. The number of methoxy groups -OCH3 is 2. The summed E-state index contributed by atoms with van der Waals surface area (Å²) in [6.07, 6.45) is 0. The summed E-state index contributed by atoms with van der Waals surface area (Å²) in [6, 6.07) is 7.43. The molecule has 0 N–H and O–H groups in total. The highest BCUT2D eigenvalue weighted by atomic mass is 16.5. The van der Waals surface area contributed by atoms with Gasteiger partial charge in [-0.3, -0.25) is 0 Å². The number of nitrogens with zero attached hydrogens (tertiary/aromatic N) is 1. The maximum Gasteiger partial charge on any atom is 0.355 e. The maximum absolute atomic E-state index is 12.3. The molecule has 1 aliphatic rings. The lowest BCUT2D eigenvalue weighted by Crippen LogP contribution is -2.38. The molecule has 7 heteroatoms. The number of fused-ring (bicyclic) bond motifs is 1. The van der Waals surface area contributed by atoms with E-state index in [4.69, 9.17) is 18.6 Å². The minimum absolute atomic E-state index is 0.0270. The number of hydrogen-bond acceptors (Lipinski definition) is 7. The summed E-state index contributed by atoms with van der Waals surface area (Å²) in [7, 11) is 2.51. The molecule has 1 aromatic carbocycles. The molecule has 0 saturated carbocycles. The average Bonchev–Trinajstić information content (AvgIpc) is 2.99. The Hall–Kier alpha value is -2.80. The van der Waals surface area contributed by atoms with Crippen LogP contribution in [0.2, 0.25) is 0 Å². The molecule has 0 bridgehead atoms. The Labute approximate surface area is 138 Å². The Kier molecular flexibility index (Phi) is 4.26. The standard InChI is InChI=1S/C17H17NO6/c1-10-7-11-5-4-6-13(15(11)24-10)18-9-23-8-12(16(19)21-2)14(18)17(20)22-3/h4-7H,8-9H2,1-3H3. The van der Waals surface area contributed by atoms with E-state index >= 15 is 0 Å². The molecule has 0 spiro atoms. The van der Waals surface area contributed by atoms with Crippen LogP contribution in [-0.2, 0) is 23.8 Å². The van der Waals surface area contributed by atoms with Crippen LogP contribution in [0.3, 0.4) is 0 Å². The van der Waals surface area contributed by atoms with Gasteiger partial charge in [-0.2, -0.15) is 0 Å². The monoisotopic (exact) mass is 331 g/mol. The van der Waals surface area contributed by atoms with Gasteiger partial charge in [0.1, 0.15) is 18.2 Å². The maximum atomic E-state index is 12.3. The van der Waals surface area contributed by atoms with Gasteiger partial charge >= 0.3 is 11.9 Å². The van der Waals surface area contributed by atoms with Gasteiger partial charge in [0.2, 0.25) is 0 Å². The molecule has 0 radical (unpaired) electrons. The molecule has 7 nitrogen and oxygen atoms in total. The Morgan fingerprint density at radius 3 is 2.62 bits per heavy atom. The number of furan rings is 1. The predicted molar refractivity (Wildman–Crippen MR) is 85.3 cm³/mol. The molecular formula is C17H17NO6. The number of hydrogen-bond donors (Lipinski definition) is 0. The molecule has 0 saturated heterocycles. The van der Waals surface area contributed by atoms with E-state index in [0.29, 0.717) is 11.3 Å². The van der Waals surface area contributed by atoms with Crippen molar-refractivity contribution < 1.29 is 28.2 Å². The van der Waals surface area contributed by atoms with Crippen molar-refractivity contribution in [3.63, 3.8) is 0 Å². The number of ether oxygens (including phenoxy) is 3. The number of carbonyl (C=O) groups is 2. The Morgan fingerprint density at radius 1 is 1.17 bits per heavy atom. The molecule has 24 heavy (non-hydrogen) atoms. The van der Waals surface area contributed by atoms with Crippen LogP contribution in [0.25, 0.3) is 11.0 Å². The van der Waals surface area contributed by atoms with Gasteiger partial charge in [-0.15, -0.1) is 0 Å². The van der Waals surface area contributed by atoms with E-state index in [0.717, 1.165) is 11.1 Å². The van der Waals surface area contributed by atoms with Crippen molar-refractivity contribution in [2.45, 2.75) is 6.92 Å². The van der Waals surface area contributed by atoms with Gasteiger partial charge in [0.15, 0.2) is 5.58 Å². The topological polar surface area (TPSA) is 78.2 Å². The van der Waals surface area contributed by atoms with Crippen LogP contribution in [0.5, 0.6) is 0 Å². The van der Waals surface area contributed by atoms with Crippen molar-refractivity contribution in [1.82, 2.24) is 0 Å². The molecule has 2 aromatic rings. The highest BCUT2D eigenvalue weighted by Gasteiger charge is 2.33. The first kappa shape index (κ1) is 16.1. The summed E-state index contributed by atoms with van der Waals surface area (Å²) in [4.78, 5) is 25.9. The first-order chi connectivity index (χ1) is 11.6. The second-order valence-electron chi connectivity index (χ2n) is 5.27. The third kappa shape index (κ3) is 2.63. The normalized spacial score (nSPS) is 14.9. The summed E-state index contributed by atoms with van der Waals surface area (Å²) in [5.74, 6) is -0.533. The van der Waals surface area contributed by atoms with Crippen LogP contribution in [-0.4, -0.2) is 39.5 Å². The lowest BCUT2D eigenvalue weighted by molar-refractivity contribution is -0.140. The van der Waals surface area contributed by atoms with Crippen LogP contribution < -0.4 is 4.90 Å². The van der Waals surface area contributed by atoms with E-state index in [1.54, 1.807) is 11.0 Å². The molecule has 0 atom stereocenters. The van der Waals surface area contributed by atoms with Gasteiger partial charge in [0.25, 0.3) is 0 Å². The van der Waals surface area contributed by atoms with Crippen LogP contribution >= 0.6 is 0 Å². The number of esters is 2. The van der Waals surface area contributed by atoms with Gasteiger partial charge in [-0.1, -0.05) is 12.1 Å². The van der Waals surface area contributed by atoms with Crippen LogP contribution in [0.15, 0.2) is 40.0 Å². The molecule has 126 valence electrons. The molecule has 1 aromatic heterocycles. The fraction of sp³-hybridized carbons (Fsp3) is 0.294. The fourth-order valence-electron chi connectivity index (χ4n) is 2.72. The highest BCUT2D eigenvalue weighted by Crippen LogP contribution is 2.34. The van der Waals surface area contributed by atoms with Crippen LogP contribution in [0.1, 0.15) is 5.76 Å². The summed E-state index contributed by atoms with van der Waals surface area (Å²) in [5, 5.41) is 0.888. The Bertz CT molecular complexity index is 835. The zero-order valence-electron chi connectivity index (χ0n) is 13.6. The van der Waals surface area contributed by atoms with Crippen LogP contribution in [0, 0.1) is 6.92 Å². The van der Waals surface area contributed by atoms with Crippen molar-refractivity contribution in [3.05, 3.63) is 41.3 Å². The van der Waals surface area contributed by atoms with Gasteiger partial charge in [0, 0.05) is 5.39 Å². The number of benzene rings is 1. The summed E-state index contributed by atoms with van der Waals surface area (Å²) < 4.78 is 20.8. The van der Waals surface area contributed by atoms with E-state index in [9.17, 15) is 9.59 Å². The summed E-state index contributed by atoms with van der Waals surface area (Å²) in [5.41, 5.74) is 1.42. The van der Waals surface area contributed by atoms with Gasteiger partial charge in [-0.05, 0) is 19.1 Å². The zero-order valence-corrected chi connectivity index (χ0v) is 13.6. The number of anilines is 1. The molecule has 3 rings (SSSR count). The average molecular weight is 331 g/mol. The molecule has 0 amide bonds. The third-order valence-corrected chi connectivity index (χ3v) is 3.77. The minimum Gasteiger partial charge on any atom is -0.466 e. The third-order valence-electron chi connectivity index (χ3n) is 3.77. The number of aryl methyl sites for hydroxylation is 1. The SMILES string of the molecule is COC(=O)C1=C(C(=O)OC)N(c2cccc3cc(C)oc23)COC1. The Balaban J connectivity index is 2.20. The second-order valence-corrected chi connectivity index (χ2v) is 5.27. The number of carbonyl (C=O) groups excluding carboxylic acids is 2. The highest BCUT2D eigenvalue weighted by molar-refractivity contribution is 6.05. The molecule has 0 unspecified atom stereocenters. The van der Waals surface area contributed by atoms with Gasteiger partial charge in [-0.25, -0.2) is 9.59 Å². The van der Waals surface area contributed by atoms with Crippen molar-refractivity contribution >= 4 is 28.6 Å². The van der Waals surface area contributed by atoms with Gasteiger partial charge < -0.3 is 23.5 Å². The lowest BCUT2D eigenvalue weighted by Gasteiger charge is -2.31. The molecule has 0 aliphatic carbocycles. The van der Waals surface area contributed by atoms with Crippen LogP contribution in [0.4, 0.5) is 5.69 Å². The zero-order chi connectivity index (χ0) is 17.3. The summed E-state index contributed by atoms with van der Waals surface area (Å²) >= 11 is 0. The second kappa shape index (κ2) is 6.37. The number of rotatable bonds is 3. The fourth-order valence-corrected chi connectivity index (χ4v) is 2.72. The Morgan fingerprint density at radius 2 is 1.92 bits per heavy atom. The molecule has 2 heterocycles. The smallest absolute Gasteiger partial charge is 0.355 e. The van der Waals surface area contributed by atoms with E-state index in [-0.39, 0.29) is 24.6 Å². The first-order valence-corrected chi connectivity index (χ1v) is 7.31. The van der Waals surface area contributed by atoms with E-state index < -0.39 is 11.9 Å².